The SMILES string of the molecule is Cc1cc(C)n(-c2ccccc2NC(=O)c2cccc(NC(=O)c3cccnc3)c2)n1. The van der Waals surface area contributed by atoms with E-state index >= 15 is 0 Å². The smallest absolute Gasteiger partial charge is 0.257 e. The number of hydrogen-bond acceptors (Lipinski definition) is 4. The normalized spacial score (nSPS) is 10.5. The van der Waals surface area contributed by atoms with E-state index in [-0.39, 0.29) is 11.8 Å². The van der Waals surface area contributed by atoms with Gasteiger partial charge in [-0.25, -0.2) is 4.68 Å². The molecule has 0 saturated heterocycles. The highest BCUT2D eigenvalue weighted by atomic mass is 16.2. The van der Waals surface area contributed by atoms with Gasteiger partial charge in [-0.1, -0.05) is 18.2 Å². The van der Waals surface area contributed by atoms with E-state index in [1.54, 1.807) is 47.3 Å². The molecule has 0 aliphatic heterocycles. The number of para-hydroxylation sites is 2. The average Bonchev–Trinajstić information content (AvgIpc) is 3.12. The third kappa shape index (κ3) is 4.51. The van der Waals surface area contributed by atoms with Crippen molar-refractivity contribution in [3.8, 4) is 5.69 Å². The average molecular weight is 411 g/mol. The van der Waals surface area contributed by atoms with Gasteiger partial charge in [-0.2, -0.15) is 5.10 Å². The zero-order chi connectivity index (χ0) is 21.8. The number of nitrogens with one attached hydrogen (secondary N) is 2. The van der Waals surface area contributed by atoms with E-state index in [0.717, 1.165) is 17.1 Å². The molecule has 7 heteroatoms. The predicted molar refractivity (Wildman–Crippen MR) is 120 cm³/mol. The molecule has 2 aromatic heterocycles. The van der Waals surface area contributed by atoms with E-state index in [9.17, 15) is 9.59 Å². The van der Waals surface area contributed by atoms with E-state index in [4.69, 9.17) is 0 Å². The fraction of sp³-hybridized carbons (Fsp3) is 0.0833. The number of carbonyl (C=O) groups excluding carboxylic acids is 2. The quantitative estimate of drug-likeness (QED) is 0.510. The molecule has 31 heavy (non-hydrogen) atoms. The third-order valence-corrected chi connectivity index (χ3v) is 4.70. The van der Waals surface area contributed by atoms with Gasteiger partial charge in [-0.05, 0) is 62.4 Å². The highest BCUT2D eigenvalue weighted by Crippen LogP contribution is 2.23. The Morgan fingerprint density at radius 3 is 2.35 bits per heavy atom. The van der Waals surface area contributed by atoms with E-state index in [0.29, 0.717) is 22.5 Å². The third-order valence-electron chi connectivity index (χ3n) is 4.70. The van der Waals surface area contributed by atoms with Gasteiger partial charge in [0.2, 0.25) is 0 Å². The van der Waals surface area contributed by atoms with Crippen molar-refractivity contribution < 1.29 is 9.59 Å². The Hall–Kier alpha value is -4.26. The molecule has 154 valence electrons. The number of anilines is 2. The number of benzene rings is 2. The van der Waals surface area contributed by atoms with Gasteiger partial charge in [-0.3, -0.25) is 14.6 Å². The van der Waals surface area contributed by atoms with Gasteiger partial charge >= 0.3 is 0 Å². The monoisotopic (exact) mass is 411 g/mol. The van der Waals surface area contributed by atoms with Gasteiger partial charge in [0.05, 0.1) is 22.6 Å². The Morgan fingerprint density at radius 1 is 0.839 bits per heavy atom. The van der Waals surface area contributed by atoms with Crippen LogP contribution in [0.15, 0.2) is 79.1 Å². The molecule has 7 nitrogen and oxygen atoms in total. The highest BCUT2D eigenvalue weighted by Gasteiger charge is 2.13. The second-order valence-electron chi connectivity index (χ2n) is 7.09. The number of aromatic nitrogens is 3. The molecule has 0 spiro atoms. The van der Waals surface area contributed by atoms with Gasteiger partial charge in [0, 0.05) is 29.3 Å². The second-order valence-corrected chi connectivity index (χ2v) is 7.09. The first kappa shape index (κ1) is 20.0. The standard InChI is InChI=1S/C24H21N5O2/c1-16-13-17(2)29(28-16)22-11-4-3-10-21(22)27-23(30)18-7-5-9-20(14-18)26-24(31)19-8-6-12-25-15-19/h3-15H,1-2H3,(H,26,31)(H,27,30). The molecule has 0 aliphatic carbocycles. The molecular weight excluding hydrogens is 390 g/mol. The molecule has 2 N–H and O–H groups in total. The van der Waals surface area contributed by atoms with Gasteiger partial charge in [0.1, 0.15) is 0 Å². The molecule has 2 amide bonds. The Kier molecular flexibility index (Phi) is 5.57. The largest absolute Gasteiger partial charge is 0.322 e. The summed E-state index contributed by atoms with van der Waals surface area (Å²) in [6, 6.07) is 19.6. The predicted octanol–water partition coefficient (Wildman–Crippen LogP) is 4.39. The van der Waals surface area contributed by atoms with E-state index in [1.165, 1.54) is 6.20 Å². The van der Waals surface area contributed by atoms with Crippen LogP contribution in [0.5, 0.6) is 0 Å². The van der Waals surface area contributed by atoms with Crippen molar-refractivity contribution in [3.63, 3.8) is 0 Å². The van der Waals surface area contributed by atoms with Crippen LogP contribution in [-0.2, 0) is 0 Å². The molecule has 4 aromatic rings. The molecule has 0 unspecified atom stereocenters. The molecule has 2 heterocycles. The van der Waals surface area contributed by atoms with Gasteiger partial charge < -0.3 is 10.6 Å². The molecule has 2 aromatic carbocycles. The van der Waals surface area contributed by atoms with Crippen LogP contribution >= 0.6 is 0 Å². The number of rotatable bonds is 5. The number of aryl methyl sites for hydroxylation is 2. The van der Waals surface area contributed by atoms with Crippen molar-refractivity contribution in [1.82, 2.24) is 14.8 Å². The van der Waals surface area contributed by atoms with Crippen molar-refractivity contribution >= 4 is 23.2 Å². The molecular formula is C24H21N5O2. The maximum atomic E-state index is 12.9. The van der Waals surface area contributed by atoms with Crippen LogP contribution in [0.1, 0.15) is 32.1 Å². The lowest BCUT2D eigenvalue weighted by atomic mass is 10.1. The van der Waals surface area contributed by atoms with Crippen LogP contribution in [0.25, 0.3) is 5.69 Å². The molecule has 0 bridgehead atoms. The van der Waals surface area contributed by atoms with Gasteiger partial charge in [-0.15, -0.1) is 0 Å². The number of nitrogens with zero attached hydrogens (tertiary/aromatic N) is 3. The summed E-state index contributed by atoms with van der Waals surface area (Å²) in [7, 11) is 0. The van der Waals surface area contributed by atoms with Gasteiger partial charge in [0.25, 0.3) is 11.8 Å². The highest BCUT2D eigenvalue weighted by molar-refractivity contribution is 6.07. The summed E-state index contributed by atoms with van der Waals surface area (Å²) in [5, 5.41) is 10.3. The molecule has 0 saturated carbocycles. The zero-order valence-corrected chi connectivity index (χ0v) is 17.2. The first-order chi connectivity index (χ1) is 15.0. The molecule has 0 atom stereocenters. The molecule has 0 aliphatic rings. The number of pyridine rings is 1. The van der Waals surface area contributed by atoms with Crippen molar-refractivity contribution in [3.05, 3.63) is 102 Å². The minimum atomic E-state index is -0.291. The van der Waals surface area contributed by atoms with Crippen molar-refractivity contribution in [2.45, 2.75) is 13.8 Å². The Morgan fingerprint density at radius 2 is 1.61 bits per heavy atom. The van der Waals surface area contributed by atoms with E-state index < -0.39 is 0 Å². The Balaban J connectivity index is 1.55. The zero-order valence-electron chi connectivity index (χ0n) is 17.2. The van der Waals surface area contributed by atoms with Crippen molar-refractivity contribution in [1.29, 1.82) is 0 Å². The number of amides is 2. The van der Waals surface area contributed by atoms with Crippen molar-refractivity contribution in [2.24, 2.45) is 0 Å². The van der Waals surface area contributed by atoms with E-state index in [1.807, 2.05) is 44.2 Å². The minimum absolute atomic E-state index is 0.286. The minimum Gasteiger partial charge on any atom is -0.322 e. The topological polar surface area (TPSA) is 88.9 Å². The van der Waals surface area contributed by atoms with Crippen LogP contribution in [0.4, 0.5) is 11.4 Å². The fourth-order valence-electron chi connectivity index (χ4n) is 3.27. The summed E-state index contributed by atoms with van der Waals surface area (Å²) >= 11 is 0. The lowest BCUT2D eigenvalue weighted by molar-refractivity contribution is 0.101. The summed E-state index contributed by atoms with van der Waals surface area (Å²) in [4.78, 5) is 29.2. The summed E-state index contributed by atoms with van der Waals surface area (Å²) in [5.41, 5.74) is 4.68. The first-order valence-corrected chi connectivity index (χ1v) is 9.77. The number of carbonyl (C=O) groups is 2. The fourth-order valence-corrected chi connectivity index (χ4v) is 3.27. The lowest BCUT2D eigenvalue weighted by Gasteiger charge is -2.13. The summed E-state index contributed by atoms with van der Waals surface area (Å²) in [5.74, 6) is -0.577. The first-order valence-electron chi connectivity index (χ1n) is 9.77. The van der Waals surface area contributed by atoms with Crippen LogP contribution in [0.3, 0.4) is 0 Å². The van der Waals surface area contributed by atoms with Crippen LogP contribution in [0.2, 0.25) is 0 Å². The lowest BCUT2D eigenvalue weighted by Crippen LogP contribution is -2.16. The van der Waals surface area contributed by atoms with Gasteiger partial charge in [0.15, 0.2) is 0 Å². The van der Waals surface area contributed by atoms with Crippen molar-refractivity contribution in [2.75, 3.05) is 10.6 Å². The maximum Gasteiger partial charge on any atom is 0.257 e. The van der Waals surface area contributed by atoms with Crippen LogP contribution < -0.4 is 10.6 Å². The summed E-state index contributed by atoms with van der Waals surface area (Å²) in [6.07, 6.45) is 3.09. The number of hydrogen-bond donors (Lipinski definition) is 2. The summed E-state index contributed by atoms with van der Waals surface area (Å²) in [6.45, 7) is 3.89. The Labute approximate surface area is 179 Å². The molecule has 4 rings (SSSR count). The summed E-state index contributed by atoms with van der Waals surface area (Å²) < 4.78 is 1.80. The van der Waals surface area contributed by atoms with Crippen LogP contribution in [-0.4, -0.2) is 26.6 Å². The molecule has 0 fully saturated rings. The van der Waals surface area contributed by atoms with Crippen LogP contribution in [0, 0.1) is 13.8 Å². The Bertz CT molecular complexity index is 1250. The van der Waals surface area contributed by atoms with E-state index in [2.05, 4.69) is 20.7 Å². The molecule has 0 radical (unpaired) electrons. The maximum absolute atomic E-state index is 12.9. The second kappa shape index (κ2) is 8.62.